The monoisotopic (exact) mass is 840 g/mol. The van der Waals surface area contributed by atoms with Crippen molar-refractivity contribution < 1.29 is 0 Å². The second-order valence-corrected chi connectivity index (χ2v) is 16.9. The van der Waals surface area contributed by atoms with Gasteiger partial charge in [0.1, 0.15) is 0 Å². The first-order chi connectivity index (χ1) is 32.8. The van der Waals surface area contributed by atoms with Crippen molar-refractivity contribution in [2.75, 3.05) is 4.90 Å². The molecule has 66 heavy (non-hydrogen) atoms. The largest absolute Gasteiger partial charge is 0.309 e. The van der Waals surface area contributed by atoms with E-state index in [1.807, 2.05) is 0 Å². The highest BCUT2D eigenvalue weighted by Crippen LogP contribution is 2.47. The zero-order chi connectivity index (χ0) is 43.8. The first-order valence-corrected chi connectivity index (χ1v) is 22.7. The standard InChI is InChI=1S/C64H44N2/c1-4-21-45(22-5-1)49-41-50(55-35-20-26-46-25-10-11-29-53(46)55)43-52(42-49)66-63-38-19-16-34-59(63)60-44-48(39-40-64(60)66)54-30-12-13-32-57(54)58-33-15-18-37-62(58)65(51-27-8-3-9-28-51)61-36-17-14-31-56(61)47-23-6-2-7-24-47/h1-44H. The molecule has 0 aliphatic rings. The Balaban J connectivity index is 1.04. The van der Waals surface area contributed by atoms with Crippen molar-refractivity contribution in [3.8, 4) is 61.3 Å². The molecular weight excluding hydrogens is 797 g/mol. The molecule has 0 atom stereocenters. The van der Waals surface area contributed by atoms with Crippen LogP contribution >= 0.6 is 0 Å². The van der Waals surface area contributed by atoms with Crippen LogP contribution in [0, 0.1) is 0 Å². The minimum Gasteiger partial charge on any atom is -0.309 e. The van der Waals surface area contributed by atoms with E-state index in [1.165, 1.54) is 82.6 Å². The van der Waals surface area contributed by atoms with Crippen LogP contribution in [0.3, 0.4) is 0 Å². The fourth-order valence-electron chi connectivity index (χ4n) is 9.97. The summed E-state index contributed by atoms with van der Waals surface area (Å²) in [5.74, 6) is 0. The number of hydrogen-bond acceptors (Lipinski definition) is 1. The summed E-state index contributed by atoms with van der Waals surface area (Å²) in [4.78, 5) is 2.42. The lowest BCUT2D eigenvalue weighted by atomic mass is 9.92. The van der Waals surface area contributed by atoms with E-state index in [9.17, 15) is 0 Å². The minimum absolute atomic E-state index is 1.10. The summed E-state index contributed by atoms with van der Waals surface area (Å²) < 4.78 is 2.46. The van der Waals surface area contributed by atoms with E-state index in [-0.39, 0.29) is 0 Å². The Morgan fingerprint density at radius 3 is 1.56 bits per heavy atom. The Morgan fingerprint density at radius 2 is 0.788 bits per heavy atom. The van der Waals surface area contributed by atoms with Gasteiger partial charge in [-0.05, 0) is 116 Å². The highest BCUT2D eigenvalue weighted by molar-refractivity contribution is 6.11. The van der Waals surface area contributed by atoms with Crippen molar-refractivity contribution in [3.63, 3.8) is 0 Å². The van der Waals surface area contributed by atoms with E-state index < -0.39 is 0 Å². The van der Waals surface area contributed by atoms with E-state index in [0.29, 0.717) is 0 Å². The zero-order valence-corrected chi connectivity index (χ0v) is 36.3. The molecule has 0 aliphatic carbocycles. The van der Waals surface area contributed by atoms with Crippen LogP contribution in [-0.2, 0) is 0 Å². The van der Waals surface area contributed by atoms with Gasteiger partial charge >= 0.3 is 0 Å². The molecule has 0 unspecified atom stereocenters. The van der Waals surface area contributed by atoms with Gasteiger partial charge in [0.15, 0.2) is 0 Å². The van der Waals surface area contributed by atoms with Crippen LogP contribution < -0.4 is 4.90 Å². The number of benzene rings is 11. The van der Waals surface area contributed by atoms with Crippen LogP contribution in [0.15, 0.2) is 267 Å². The average molecular weight is 841 g/mol. The smallest absolute Gasteiger partial charge is 0.0541 e. The van der Waals surface area contributed by atoms with E-state index in [2.05, 4.69) is 276 Å². The van der Waals surface area contributed by atoms with Crippen molar-refractivity contribution in [2.24, 2.45) is 0 Å². The maximum atomic E-state index is 2.46. The number of aromatic nitrogens is 1. The summed E-state index contributed by atoms with van der Waals surface area (Å²) >= 11 is 0. The Hall–Kier alpha value is -8.72. The molecular formula is C64H44N2. The molecule has 2 nitrogen and oxygen atoms in total. The third kappa shape index (κ3) is 6.93. The summed E-state index contributed by atoms with van der Waals surface area (Å²) in [7, 11) is 0. The molecule has 2 heteroatoms. The third-order valence-corrected chi connectivity index (χ3v) is 13.0. The number of hydrogen-bond donors (Lipinski definition) is 0. The van der Waals surface area contributed by atoms with Gasteiger partial charge in [-0.3, -0.25) is 0 Å². The van der Waals surface area contributed by atoms with Gasteiger partial charge in [-0.1, -0.05) is 206 Å². The van der Waals surface area contributed by atoms with Crippen molar-refractivity contribution in [1.82, 2.24) is 4.57 Å². The van der Waals surface area contributed by atoms with Gasteiger partial charge in [0.05, 0.1) is 22.4 Å². The molecule has 0 bridgehead atoms. The number of para-hydroxylation sites is 4. The molecule has 1 aromatic heterocycles. The van der Waals surface area contributed by atoms with Crippen LogP contribution in [0.25, 0.3) is 93.9 Å². The van der Waals surface area contributed by atoms with E-state index >= 15 is 0 Å². The molecule has 0 radical (unpaired) electrons. The SMILES string of the molecule is c1ccc(-c2cc(-c3cccc4ccccc34)cc(-n3c4ccccc4c4cc(-c5ccccc5-c5ccccc5N(c5ccccc5)c5ccccc5-c5ccccc5)ccc43)c2)cc1. The molecule has 11 aromatic carbocycles. The molecule has 0 saturated carbocycles. The lowest BCUT2D eigenvalue weighted by Gasteiger charge is -2.30. The summed E-state index contributed by atoms with van der Waals surface area (Å²) in [6, 6.07) is 96.9. The minimum atomic E-state index is 1.10. The van der Waals surface area contributed by atoms with E-state index in [1.54, 1.807) is 0 Å². The summed E-state index contributed by atoms with van der Waals surface area (Å²) in [6.07, 6.45) is 0. The highest BCUT2D eigenvalue weighted by Gasteiger charge is 2.22. The van der Waals surface area contributed by atoms with Crippen molar-refractivity contribution in [3.05, 3.63) is 267 Å². The number of anilines is 3. The van der Waals surface area contributed by atoms with Crippen LogP contribution in [0.1, 0.15) is 0 Å². The molecule has 310 valence electrons. The maximum Gasteiger partial charge on any atom is 0.0541 e. The maximum absolute atomic E-state index is 2.46. The van der Waals surface area contributed by atoms with Gasteiger partial charge in [0.2, 0.25) is 0 Å². The van der Waals surface area contributed by atoms with Crippen molar-refractivity contribution in [2.45, 2.75) is 0 Å². The quantitative estimate of drug-likeness (QED) is 0.141. The van der Waals surface area contributed by atoms with Gasteiger partial charge in [-0.25, -0.2) is 0 Å². The first-order valence-electron chi connectivity index (χ1n) is 22.7. The molecule has 0 saturated heterocycles. The summed E-state index contributed by atoms with van der Waals surface area (Å²) in [5.41, 5.74) is 18.6. The Bertz CT molecular complexity index is 3690. The van der Waals surface area contributed by atoms with Gasteiger partial charge in [0, 0.05) is 33.3 Å². The van der Waals surface area contributed by atoms with Crippen LogP contribution in [-0.4, -0.2) is 4.57 Å². The third-order valence-electron chi connectivity index (χ3n) is 13.0. The molecule has 0 N–H and O–H groups in total. The van der Waals surface area contributed by atoms with E-state index in [4.69, 9.17) is 0 Å². The molecule has 0 amide bonds. The molecule has 0 spiro atoms. The fraction of sp³-hybridized carbons (Fsp3) is 0. The average Bonchev–Trinajstić information content (AvgIpc) is 3.73. The molecule has 12 rings (SSSR count). The van der Waals surface area contributed by atoms with E-state index in [0.717, 1.165) is 28.3 Å². The molecule has 12 aromatic rings. The Kier molecular flexibility index (Phi) is 9.89. The second-order valence-electron chi connectivity index (χ2n) is 16.9. The Morgan fingerprint density at radius 1 is 0.258 bits per heavy atom. The van der Waals surface area contributed by atoms with Crippen molar-refractivity contribution in [1.29, 1.82) is 0 Å². The fourth-order valence-corrected chi connectivity index (χ4v) is 9.97. The predicted octanol–water partition coefficient (Wildman–Crippen LogP) is 17.7. The zero-order valence-electron chi connectivity index (χ0n) is 36.3. The topological polar surface area (TPSA) is 8.17 Å². The molecule has 0 aliphatic heterocycles. The van der Waals surface area contributed by atoms with Gasteiger partial charge in [-0.2, -0.15) is 0 Å². The number of nitrogens with zero attached hydrogens (tertiary/aromatic N) is 2. The predicted molar refractivity (Wildman–Crippen MR) is 280 cm³/mol. The number of rotatable bonds is 9. The molecule has 0 fully saturated rings. The van der Waals surface area contributed by atoms with Gasteiger partial charge in [0.25, 0.3) is 0 Å². The summed E-state index contributed by atoms with van der Waals surface area (Å²) in [6.45, 7) is 0. The molecule has 1 heterocycles. The Labute approximate surface area is 385 Å². The summed E-state index contributed by atoms with van der Waals surface area (Å²) in [5, 5.41) is 4.91. The normalized spacial score (nSPS) is 11.3. The lowest BCUT2D eigenvalue weighted by molar-refractivity contribution is 1.18. The number of fused-ring (bicyclic) bond motifs is 4. The first kappa shape index (κ1) is 38.9. The van der Waals surface area contributed by atoms with Crippen LogP contribution in [0.5, 0.6) is 0 Å². The second kappa shape index (κ2) is 16.8. The van der Waals surface area contributed by atoms with Crippen LogP contribution in [0.2, 0.25) is 0 Å². The highest BCUT2D eigenvalue weighted by atomic mass is 15.1. The lowest BCUT2D eigenvalue weighted by Crippen LogP contribution is -2.12. The van der Waals surface area contributed by atoms with Gasteiger partial charge in [-0.15, -0.1) is 0 Å². The van der Waals surface area contributed by atoms with Gasteiger partial charge < -0.3 is 9.47 Å². The van der Waals surface area contributed by atoms with Crippen LogP contribution in [0.4, 0.5) is 17.1 Å². The van der Waals surface area contributed by atoms with Crippen molar-refractivity contribution >= 4 is 49.6 Å².